The molecule has 0 heterocycles. The van der Waals surface area contributed by atoms with E-state index in [0.29, 0.717) is 0 Å². The molecule has 0 bridgehead atoms. The topological polar surface area (TPSA) is 92.2 Å². The maximum atomic E-state index is 8.58. The molecule has 0 aliphatic carbocycles. The Morgan fingerprint density at radius 2 is 0.857 bits per heavy atom. The van der Waals surface area contributed by atoms with E-state index in [2.05, 4.69) is 0 Å². The Hall–Kier alpha value is 0.909. The van der Waals surface area contributed by atoms with Crippen molar-refractivity contribution in [2.75, 3.05) is 0 Å². The molecule has 1 radical (unpaired) electrons. The standard InChI is InChI=1S/F.O4Si.Pb/c;1-5(2,3)4;/q;-4;+4. The zero-order valence-electron chi connectivity index (χ0n) is 3.01. The molecule has 0 rings (SSSR count). The fourth-order valence-corrected chi connectivity index (χ4v) is 0. The summed E-state index contributed by atoms with van der Waals surface area (Å²) in [5, 5.41) is 0. The van der Waals surface area contributed by atoms with E-state index < -0.39 is 9.05 Å². The van der Waals surface area contributed by atoms with Gasteiger partial charge in [-0.1, -0.05) is 0 Å². The van der Waals surface area contributed by atoms with E-state index in [1.807, 2.05) is 0 Å². The van der Waals surface area contributed by atoms with Crippen molar-refractivity contribution >= 4 is 36.3 Å². The molecule has 0 unspecified atom stereocenters. The van der Waals surface area contributed by atoms with E-state index in [0.717, 1.165) is 0 Å². The van der Waals surface area contributed by atoms with E-state index in [4.69, 9.17) is 19.2 Å². The van der Waals surface area contributed by atoms with Gasteiger partial charge in [0.2, 0.25) is 0 Å². The van der Waals surface area contributed by atoms with Gasteiger partial charge in [0.15, 0.2) is 0 Å². The van der Waals surface area contributed by atoms with Crippen molar-refractivity contribution < 1.29 is 23.9 Å². The average molecular weight is 318 g/mol. The average Bonchev–Trinajstić information content (AvgIpc) is 0.722. The Bertz CT molecular complexity index is 27.2. The van der Waals surface area contributed by atoms with Crippen LogP contribution in [0.1, 0.15) is 0 Å². The van der Waals surface area contributed by atoms with Crippen LogP contribution in [0.3, 0.4) is 0 Å². The number of hydrogen-bond acceptors (Lipinski definition) is 4. The first-order chi connectivity index (χ1) is 2.00. The van der Waals surface area contributed by atoms with Gasteiger partial charge >= 0.3 is 27.3 Å². The number of halogens is 1. The molecule has 0 aromatic heterocycles. The monoisotopic (exact) mass is 319 g/mol. The summed E-state index contributed by atoms with van der Waals surface area (Å²) in [7, 11) is -5.61. The zero-order chi connectivity index (χ0) is 4.50. The number of hydrogen-bond donors (Lipinski definition) is 0. The van der Waals surface area contributed by atoms with Gasteiger partial charge in [-0.3, -0.25) is 0 Å². The minimum atomic E-state index is -5.61. The molecule has 0 amide bonds. The van der Waals surface area contributed by atoms with Gasteiger partial charge in [0.05, 0.1) is 0 Å². The minimum absolute atomic E-state index is 0. The first kappa shape index (κ1) is 15.7. The molecule has 0 aliphatic heterocycles. The van der Waals surface area contributed by atoms with Crippen LogP contribution in [-0.2, 0) is 0 Å². The van der Waals surface area contributed by atoms with Crippen LogP contribution in [0.5, 0.6) is 0 Å². The summed E-state index contributed by atoms with van der Waals surface area (Å²) in [5.74, 6) is 0. The van der Waals surface area contributed by atoms with E-state index in [1.54, 1.807) is 0 Å². The van der Waals surface area contributed by atoms with Crippen LogP contribution in [0, 0.1) is 0 Å². The summed E-state index contributed by atoms with van der Waals surface area (Å²) in [4.78, 5) is 34.3. The van der Waals surface area contributed by atoms with Crippen molar-refractivity contribution in [1.29, 1.82) is 0 Å². The Labute approximate surface area is 60.4 Å². The van der Waals surface area contributed by atoms with Crippen LogP contribution in [0.2, 0.25) is 0 Å². The maximum absolute atomic E-state index is 8.58. The van der Waals surface area contributed by atoms with E-state index >= 15 is 0 Å². The third kappa shape index (κ3) is 202. The third-order valence-corrected chi connectivity index (χ3v) is 0. The zero-order valence-corrected chi connectivity index (χ0v) is 7.90. The Morgan fingerprint density at radius 3 is 0.857 bits per heavy atom. The summed E-state index contributed by atoms with van der Waals surface area (Å²) >= 11 is 0. The summed E-state index contributed by atoms with van der Waals surface area (Å²) in [6.45, 7) is 0. The maximum Gasteiger partial charge on any atom is 4.00 e. The molecule has 0 fully saturated rings. The molecule has 0 aromatic rings. The second-order valence-corrected chi connectivity index (χ2v) is 1.50. The molecular weight excluding hydrogens is 318 g/mol. The van der Waals surface area contributed by atoms with Crippen LogP contribution in [0.4, 0.5) is 4.70 Å². The molecule has 0 spiro atoms. The molecule has 0 saturated carbocycles. The van der Waals surface area contributed by atoms with Gasteiger partial charge in [0, 0.05) is 4.70 Å². The minimum Gasteiger partial charge on any atom is -0.894 e. The van der Waals surface area contributed by atoms with Crippen molar-refractivity contribution in [3.63, 3.8) is 0 Å². The summed E-state index contributed by atoms with van der Waals surface area (Å²) in [6, 6.07) is 0. The molecule has 0 atom stereocenters. The van der Waals surface area contributed by atoms with E-state index in [1.165, 1.54) is 0 Å². The van der Waals surface area contributed by atoms with Gasteiger partial charge in [-0.05, 0) is 0 Å². The molecule has 4 nitrogen and oxygen atoms in total. The van der Waals surface area contributed by atoms with Crippen LogP contribution < -0.4 is 19.2 Å². The van der Waals surface area contributed by atoms with Gasteiger partial charge in [0.1, 0.15) is 0 Å². The normalized spacial score (nSPS) is 8.57. The second kappa shape index (κ2) is 5.05. The van der Waals surface area contributed by atoms with Crippen LogP contribution in [0.25, 0.3) is 0 Å². The summed E-state index contributed by atoms with van der Waals surface area (Å²) in [5.41, 5.74) is 0. The molecule has 0 N–H and O–H groups in total. The molecule has 0 saturated heterocycles. The largest absolute Gasteiger partial charge is 4.00 e. The predicted octanol–water partition coefficient (Wildman–Crippen LogP) is -5.10. The summed E-state index contributed by atoms with van der Waals surface area (Å²) < 4.78 is 0. The van der Waals surface area contributed by atoms with Gasteiger partial charge in [-0.25, -0.2) is 0 Å². The van der Waals surface area contributed by atoms with Gasteiger partial charge in [0.25, 0.3) is 0 Å². The van der Waals surface area contributed by atoms with E-state index in [9.17, 15) is 0 Å². The van der Waals surface area contributed by atoms with E-state index in [-0.39, 0.29) is 32.0 Å². The van der Waals surface area contributed by atoms with Crippen molar-refractivity contribution in [2.45, 2.75) is 0 Å². The summed E-state index contributed by atoms with van der Waals surface area (Å²) in [6.07, 6.45) is 0. The van der Waals surface area contributed by atoms with Crippen LogP contribution >= 0.6 is 0 Å². The number of rotatable bonds is 0. The molecule has 0 aliphatic rings. The first-order valence-electron chi connectivity index (χ1n) is 0.816. The first-order valence-corrected chi connectivity index (χ1v) is 2.45. The molecule has 7 heavy (non-hydrogen) atoms. The fourth-order valence-electron chi connectivity index (χ4n) is 0. The van der Waals surface area contributed by atoms with Crippen molar-refractivity contribution in [1.82, 2.24) is 0 Å². The van der Waals surface area contributed by atoms with Crippen LogP contribution in [-0.4, -0.2) is 36.3 Å². The van der Waals surface area contributed by atoms with Crippen molar-refractivity contribution in [2.24, 2.45) is 0 Å². The smallest absolute Gasteiger partial charge is 0.894 e. The molecule has 7 heteroatoms. The van der Waals surface area contributed by atoms with Gasteiger partial charge < -0.3 is 28.2 Å². The Morgan fingerprint density at radius 1 is 0.857 bits per heavy atom. The molecule has 0 aromatic carbocycles. The Balaban J connectivity index is -0.0000000800. The van der Waals surface area contributed by atoms with Gasteiger partial charge in [-0.2, -0.15) is 0 Å². The fraction of sp³-hybridized carbons (Fsp3) is 0. The van der Waals surface area contributed by atoms with Crippen molar-refractivity contribution in [3.05, 3.63) is 0 Å². The third-order valence-electron chi connectivity index (χ3n) is 0. The van der Waals surface area contributed by atoms with Crippen LogP contribution in [0.15, 0.2) is 0 Å². The quantitative estimate of drug-likeness (QED) is 0.418. The molecule has 39 valence electrons. The van der Waals surface area contributed by atoms with Crippen molar-refractivity contribution in [3.8, 4) is 0 Å². The Kier molecular flexibility index (Phi) is 11.3. The molecular formula is FO4PbSi. The predicted molar refractivity (Wildman–Crippen MR) is 12.6 cm³/mol. The van der Waals surface area contributed by atoms with Gasteiger partial charge in [-0.15, -0.1) is 0 Å². The second-order valence-electron chi connectivity index (χ2n) is 0.500. The SMILES string of the molecule is [F].[O-][Si]([O-])([O-])[O-].[Pb+4].